The van der Waals surface area contributed by atoms with Crippen LogP contribution in [0.25, 0.3) is 11.1 Å². The van der Waals surface area contributed by atoms with Gasteiger partial charge in [0.05, 0.1) is 18.2 Å². The van der Waals surface area contributed by atoms with Crippen LogP contribution in [0, 0.1) is 17.5 Å². The number of ether oxygens (including phenoxy) is 2. The molecule has 4 rings (SSSR count). The van der Waals surface area contributed by atoms with Gasteiger partial charge in [0.25, 0.3) is 6.43 Å². The second kappa shape index (κ2) is 9.80. The molecule has 0 saturated carbocycles. The third kappa shape index (κ3) is 5.09. The maximum atomic E-state index is 15.6. The number of benzene rings is 2. The molecule has 2 aliphatic rings. The average Bonchev–Trinajstić information content (AvgIpc) is 3.02. The van der Waals surface area contributed by atoms with Crippen molar-refractivity contribution in [1.82, 2.24) is 10.2 Å². The number of carbonyl (C=O) groups excluding carboxylic acids is 2. The Morgan fingerprint density at radius 3 is 2.60 bits per heavy atom. The molecule has 2 fully saturated rings. The number of carbonyl (C=O) groups is 2. The molecule has 0 bridgehead atoms. The predicted octanol–water partition coefficient (Wildman–Crippen LogP) is 4.06. The zero-order chi connectivity index (χ0) is 25.3. The molecule has 2 aliphatic heterocycles. The summed E-state index contributed by atoms with van der Waals surface area (Å²) in [5.74, 6) is -2.94. The summed E-state index contributed by atoms with van der Waals surface area (Å²) in [6.45, 7) is 0.379. The van der Waals surface area contributed by atoms with Crippen molar-refractivity contribution in [2.45, 2.75) is 43.8 Å². The standard InChI is InChI=1S/C24H23F5N2O4/c1-13-9-24(12-34-11-21(32)30-24)19(31(13)23(33)35-10-20(27)28)7-14-3-2-4-18(22(14)29)15-5-16(25)8-17(26)6-15/h2-6,8,13,19-20H,7,9-12H2,1H3,(H,30,32). The molecule has 3 atom stereocenters. The maximum Gasteiger partial charge on any atom is 0.410 e. The molecule has 11 heteroatoms. The molecule has 1 spiro atoms. The highest BCUT2D eigenvalue weighted by Crippen LogP contribution is 2.39. The molecule has 0 radical (unpaired) electrons. The lowest BCUT2D eigenvalue weighted by Crippen LogP contribution is -2.64. The van der Waals surface area contributed by atoms with Gasteiger partial charge in [0.1, 0.15) is 24.1 Å². The first-order valence-corrected chi connectivity index (χ1v) is 11.0. The summed E-state index contributed by atoms with van der Waals surface area (Å²) in [5.41, 5.74) is -1.08. The molecule has 35 heavy (non-hydrogen) atoms. The first-order chi connectivity index (χ1) is 16.6. The molecule has 188 valence electrons. The van der Waals surface area contributed by atoms with E-state index in [2.05, 4.69) is 5.32 Å². The fourth-order valence-corrected chi connectivity index (χ4v) is 4.99. The van der Waals surface area contributed by atoms with Crippen LogP contribution in [0.15, 0.2) is 36.4 Å². The van der Waals surface area contributed by atoms with Crippen LogP contribution in [0.3, 0.4) is 0 Å². The highest BCUT2D eigenvalue weighted by Gasteiger charge is 2.55. The zero-order valence-corrected chi connectivity index (χ0v) is 18.7. The van der Waals surface area contributed by atoms with Gasteiger partial charge in [-0.15, -0.1) is 0 Å². The van der Waals surface area contributed by atoms with Crippen LogP contribution >= 0.6 is 0 Å². The van der Waals surface area contributed by atoms with Crippen LogP contribution in [-0.4, -0.2) is 60.8 Å². The lowest BCUT2D eigenvalue weighted by atomic mass is 9.84. The Hall–Kier alpha value is -3.21. The van der Waals surface area contributed by atoms with E-state index in [0.29, 0.717) is 6.07 Å². The molecule has 2 aromatic carbocycles. The number of hydrogen-bond acceptors (Lipinski definition) is 4. The van der Waals surface area contributed by atoms with Gasteiger partial charge in [-0.1, -0.05) is 18.2 Å². The van der Waals surface area contributed by atoms with Crippen molar-refractivity contribution in [3.05, 3.63) is 59.4 Å². The lowest BCUT2D eigenvalue weighted by molar-refractivity contribution is -0.136. The smallest absolute Gasteiger partial charge is 0.410 e. The SMILES string of the molecule is CC1CC2(COCC(=O)N2)C(Cc2cccc(-c3cc(F)cc(F)c3)c2F)N1C(=O)OCC(F)F. The second-order valence-electron chi connectivity index (χ2n) is 8.78. The summed E-state index contributed by atoms with van der Waals surface area (Å²) in [4.78, 5) is 26.1. The summed E-state index contributed by atoms with van der Waals surface area (Å²) >= 11 is 0. The minimum Gasteiger partial charge on any atom is -0.443 e. The van der Waals surface area contributed by atoms with Crippen molar-refractivity contribution < 1.29 is 41.0 Å². The number of nitrogens with zero attached hydrogens (tertiary/aromatic N) is 1. The van der Waals surface area contributed by atoms with Gasteiger partial charge >= 0.3 is 6.09 Å². The topological polar surface area (TPSA) is 67.9 Å². The zero-order valence-electron chi connectivity index (χ0n) is 18.7. The Bertz CT molecular complexity index is 1110. The Morgan fingerprint density at radius 2 is 1.94 bits per heavy atom. The van der Waals surface area contributed by atoms with Crippen molar-refractivity contribution in [2.24, 2.45) is 0 Å². The van der Waals surface area contributed by atoms with E-state index in [9.17, 15) is 27.2 Å². The van der Waals surface area contributed by atoms with Crippen molar-refractivity contribution in [3.63, 3.8) is 0 Å². The van der Waals surface area contributed by atoms with Gasteiger partial charge in [-0.2, -0.15) is 0 Å². The summed E-state index contributed by atoms with van der Waals surface area (Å²) in [5, 5.41) is 2.84. The minimum absolute atomic E-state index is 0.0149. The van der Waals surface area contributed by atoms with E-state index in [1.807, 2.05) is 0 Å². The van der Waals surface area contributed by atoms with E-state index in [0.717, 1.165) is 12.1 Å². The van der Waals surface area contributed by atoms with Gasteiger partial charge in [-0.05, 0) is 43.0 Å². The largest absolute Gasteiger partial charge is 0.443 e. The fourth-order valence-electron chi connectivity index (χ4n) is 4.99. The molecule has 2 heterocycles. The van der Waals surface area contributed by atoms with Crippen molar-refractivity contribution in [2.75, 3.05) is 19.8 Å². The average molecular weight is 498 g/mol. The van der Waals surface area contributed by atoms with E-state index in [4.69, 9.17) is 9.47 Å². The van der Waals surface area contributed by atoms with Crippen LogP contribution in [0.1, 0.15) is 18.9 Å². The van der Waals surface area contributed by atoms with Gasteiger partial charge < -0.3 is 14.8 Å². The minimum atomic E-state index is -2.87. The number of nitrogens with one attached hydrogen (secondary N) is 1. The Morgan fingerprint density at radius 1 is 1.23 bits per heavy atom. The van der Waals surface area contributed by atoms with Crippen LogP contribution in [0.2, 0.25) is 0 Å². The van der Waals surface area contributed by atoms with E-state index >= 15 is 4.39 Å². The molecule has 2 amide bonds. The monoisotopic (exact) mass is 498 g/mol. The van der Waals surface area contributed by atoms with Crippen molar-refractivity contribution in [1.29, 1.82) is 0 Å². The highest BCUT2D eigenvalue weighted by atomic mass is 19.3. The fraction of sp³-hybridized carbons (Fsp3) is 0.417. The molecule has 2 saturated heterocycles. The quantitative estimate of drug-likeness (QED) is 0.632. The summed E-state index contributed by atoms with van der Waals surface area (Å²) in [6.07, 6.45) is -3.82. The maximum absolute atomic E-state index is 15.6. The van der Waals surface area contributed by atoms with Crippen molar-refractivity contribution >= 4 is 12.0 Å². The summed E-state index contributed by atoms with van der Waals surface area (Å²) in [6, 6.07) is 5.51. The first-order valence-electron chi connectivity index (χ1n) is 11.0. The third-order valence-electron chi connectivity index (χ3n) is 6.30. The van der Waals surface area contributed by atoms with E-state index in [1.54, 1.807) is 6.92 Å². The van der Waals surface area contributed by atoms with Gasteiger partial charge in [0.15, 0.2) is 6.61 Å². The van der Waals surface area contributed by atoms with Crippen LogP contribution in [-0.2, 0) is 20.7 Å². The third-order valence-corrected chi connectivity index (χ3v) is 6.30. The molecule has 0 aromatic heterocycles. The molecular formula is C24H23F5N2O4. The van der Waals surface area contributed by atoms with E-state index in [1.165, 1.54) is 23.1 Å². The molecule has 2 aromatic rings. The number of likely N-dealkylation sites (tertiary alicyclic amines) is 1. The van der Waals surface area contributed by atoms with Gasteiger partial charge in [0, 0.05) is 17.7 Å². The number of rotatable bonds is 5. The molecule has 0 aliphatic carbocycles. The number of morpholine rings is 1. The highest BCUT2D eigenvalue weighted by molar-refractivity contribution is 5.79. The first kappa shape index (κ1) is 24.9. The van der Waals surface area contributed by atoms with Crippen LogP contribution in [0.5, 0.6) is 0 Å². The molecule has 3 unspecified atom stereocenters. The molecule has 1 N–H and O–H groups in total. The molecular weight excluding hydrogens is 475 g/mol. The Kier molecular flexibility index (Phi) is 6.98. The number of hydrogen-bond donors (Lipinski definition) is 1. The summed E-state index contributed by atoms with van der Waals surface area (Å²) in [7, 11) is 0. The second-order valence-corrected chi connectivity index (χ2v) is 8.78. The van der Waals surface area contributed by atoms with Crippen LogP contribution in [0.4, 0.5) is 26.7 Å². The predicted molar refractivity (Wildman–Crippen MR) is 114 cm³/mol. The lowest BCUT2D eigenvalue weighted by Gasteiger charge is -2.40. The van der Waals surface area contributed by atoms with E-state index in [-0.39, 0.29) is 42.7 Å². The number of amides is 2. The van der Waals surface area contributed by atoms with Gasteiger partial charge in [-0.25, -0.2) is 26.7 Å². The van der Waals surface area contributed by atoms with Gasteiger partial charge in [0.2, 0.25) is 5.91 Å². The molecule has 6 nitrogen and oxygen atoms in total. The van der Waals surface area contributed by atoms with Crippen molar-refractivity contribution in [3.8, 4) is 11.1 Å². The number of alkyl halides is 2. The van der Waals surface area contributed by atoms with E-state index < -0.39 is 60.1 Å². The number of halogens is 5. The normalized spacial score (nSPS) is 24.2. The Labute approximate surface area is 198 Å². The summed E-state index contributed by atoms with van der Waals surface area (Å²) < 4.78 is 78.5. The van der Waals surface area contributed by atoms with Gasteiger partial charge in [-0.3, -0.25) is 9.69 Å². The Balaban J connectivity index is 1.71. The van der Waals surface area contributed by atoms with Crippen LogP contribution < -0.4 is 5.32 Å².